The van der Waals surface area contributed by atoms with Crippen molar-refractivity contribution in [3.63, 3.8) is 0 Å². The van der Waals surface area contributed by atoms with Gasteiger partial charge in [0.05, 0.1) is 18.4 Å². The van der Waals surface area contributed by atoms with Crippen LogP contribution in [0.1, 0.15) is 55.3 Å². The molecule has 166 valence electrons. The van der Waals surface area contributed by atoms with Gasteiger partial charge in [0, 0.05) is 11.1 Å². The number of ether oxygens (including phenoxy) is 1. The summed E-state index contributed by atoms with van der Waals surface area (Å²) < 4.78 is 5.11. The predicted molar refractivity (Wildman–Crippen MR) is 121 cm³/mol. The van der Waals surface area contributed by atoms with Crippen LogP contribution in [0.15, 0.2) is 48.5 Å². The number of amides is 3. The quantitative estimate of drug-likeness (QED) is 0.631. The Hall–Kier alpha value is -3.35. The van der Waals surface area contributed by atoms with E-state index in [2.05, 4.69) is 16.0 Å². The second-order valence-corrected chi connectivity index (χ2v) is 8.66. The highest BCUT2D eigenvalue weighted by Gasteiger charge is 2.28. The minimum atomic E-state index is -0.711. The summed E-state index contributed by atoms with van der Waals surface area (Å²) in [5.74, 6) is -0.519. The zero-order chi connectivity index (χ0) is 23.2. The molecule has 0 fully saturated rings. The Morgan fingerprint density at radius 1 is 0.903 bits per heavy atom. The van der Waals surface area contributed by atoms with E-state index < -0.39 is 17.5 Å². The van der Waals surface area contributed by atoms with Crippen molar-refractivity contribution in [3.05, 3.63) is 59.7 Å². The molecule has 1 atom stereocenters. The van der Waals surface area contributed by atoms with Gasteiger partial charge in [-0.25, -0.2) is 0 Å². The molecule has 0 saturated heterocycles. The van der Waals surface area contributed by atoms with E-state index >= 15 is 0 Å². The number of carbonyl (C=O) groups excluding carboxylic acids is 3. The molecular formula is C24H31N3O4. The molecule has 2 aromatic carbocycles. The zero-order valence-electron chi connectivity index (χ0n) is 18.9. The zero-order valence-corrected chi connectivity index (χ0v) is 18.9. The van der Waals surface area contributed by atoms with E-state index in [4.69, 9.17) is 4.74 Å². The summed E-state index contributed by atoms with van der Waals surface area (Å²) in [5, 5.41) is 8.48. The molecule has 0 heterocycles. The minimum Gasteiger partial charge on any atom is -0.497 e. The molecule has 3 N–H and O–H groups in total. The van der Waals surface area contributed by atoms with Gasteiger partial charge in [-0.2, -0.15) is 0 Å². The van der Waals surface area contributed by atoms with Gasteiger partial charge in [-0.1, -0.05) is 26.0 Å². The maximum absolute atomic E-state index is 13.0. The molecule has 0 spiro atoms. The van der Waals surface area contributed by atoms with Crippen LogP contribution in [0.4, 0.5) is 5.69 Å². The highest BCUT2D eigenvalue weighted by molar-refractivity contribution is 6.09. The third-order valence-electron chi connectivity index (χ3n) is 4.51. The lowest BCUT2D eigenvalue weighted by atomic mass is 10.0. The Balaban J connectivity index is 2.19. The minimum absolute atomic E-state index is 0.118. The molecule has 3 amide bonds. The molecule has 31 heavy (non-hydrogen) atoms. The predicted octanol–water partition coefficient (Wildman–Crippen LogP) is 3.62. The van der Waals surface area contributed by atoms with E-state index in [-0.39, 0.29) is 23.3 Å². The SMILES string of the molecule is COc1ccc(C(=O)Nc2ccccc2C(=O)NC(C(=O)NC(C)(C)C)C(C)C)cc1. The number of para-hydroxylation sites is 1. The van der Waals surface area contributed by atoms with Gasteiger partial charge in [-0.15, -0.1) is 0 Å². The summed E-state index contributed by atoms with van der Waals surface area (Å²) in [6, 6.07) is 12.6. The standard InChI is InChI=1S/C24H31N3O4/c1-15(2)20(23(30)27-24(3,4)5)26-22(29)18-9-7-8-10-19(18)25-21(28)16-11-13-17(31-6)14-12-16/h7-15,20H,1-6H3,(H,25,28)(H,26,29)(H,27,30). The van der Waals surface area contributed by atoms with Gasteiger partial charge in [0.1, 0.15) is 11.8 Å². The van der Waals surface area contributed by atoms with Crippen molar-refractivity contribution in [2.45, 2.75) is 46.2 Å². The molecule has 0 saturated carbocycles. The summed E-state index contributed by atoms with van der Waals surface area (Å²) in [7, 11) is 1.55. The summed E-state index contributed by atoms with van der Waals surface area (Å²) in [5.41, 5.74) is 0.651. The second-order valence-electron chi connectivity index (χ2n) is 8.66. The van der Waals surface area contributed by atoms with Gasteiger partial charge in [0.15, 0.2) is 0 Å². The van der Waals surface area contributed by atoms with E-state index in [0.717, 1.165) is 0 Å². The average Bonchev–Trinajstić information content (AvgIpc) is 2.70. The third kappa shape index (κ3) is 6.84. The van der Waals surface area contributed by atoms with E-state index in [1.807, 2.05) is 34.6 Å². The fourth-order valence-electron chi connectivity index (χ4n) is 2.93. The molecule has 0 aliphatic rings. The fourth-order valence-corrected chi connectivity index (χ4v) is 2.93. The Morgan fingerprint density at radius 2 is 1.52 bits per heavy atom. The Kier molecular flexibility index (Phi) is 7.80. The Bertz CT molecular complexity index is 931. The van der Waals surface area contributed by atoms with Crippen LogP contribution in [0.3, 0.4) is 0 Å². The van der Waals surface area contributed by atoms with Gasteiger partial charge in [-0.05, 0) is 63.1 Å². The Labute approximate surface area is 183 Å². The summed E-state index contributed by atoms with van der Waals surface area (Å²) >= 11 is 0. The first-order valence-corrected chi connectivity index (χ1v) is 10.2. The van der Waals surface area contributed by atoms with Crippen LogP contribution in [0.25, 0.3) is 0 Å². The molecule has 0 aromatic heterocycles. The number of benzene rings is 2. The number of carbonyl (C=O) groups is 3. The van der Waals surface area contributed by atoms with Crippen molar-refractivity contribution >= 4 is 23.4 Å². The Morgan fingerprint density at radius 3 is 2.06 bits per heavy atom. The molecule has 0 radical (unpaired) electrons. The van der Waals surface area contributed by atoms with Crippen molar-refractivity contribution in [1.29, 1.82) is 0 Å². The highest BCUT2D eigenvalue weighted by Crippen LogP contribution is 2.18. The molecule has 1 unspecified atom stereocenters. The van der Waals surface area contributed by atoms with E-state index in [0.29, 0.717) is 17.0 Å². The molecule has 0 aliphatic heterocycles. The van der Waals surface area contributed by atoms with Gasteiger partial charge in [0.25, 0.3) is 11.8 Å². The van der Waals surface area contributed by atoms with Crippen LogP contribution in [-0.4, -0.2) is 36.4 Å². The highest BCUT2D eigenvalue weighted by atomic mass is 16.5. The van der Waals surface area contributed by atoms with Crippen LogP contribution in [0.2, 0.25) is 0 Å². The van der Waals surface area contributed by atoms with Gasteiger partial charge >= 0.3 is 0 Å². The smallest absolute Gasteiger partial charge is 0.255 e. The van der Waals surface area contributed by atoms with Crippen molar-refractivity contribution in [1.82, 2.24) is 10.6 Å². The number of hydrogen-bond acceptors (Lipinski definition) is 4. The summed E-state index contributed by atoms with van der Waals surface area (Å²) in [6.07, 6.45) is 0. The maximum Gasteiger partial charge on any atom is 0.255 e. The normalized spacial score (nSPS) is 12.1. The first-order chi connectivity index (χ1) is 14.5. The second kappa shape index (κ2) is 10.1. The number of methoxy groups -OCH3 is 1. The average molecular weight is 426 g/mol. The third-order valence-corrected chi connectivity index (χ3v) is 4.51. The lowest BCUT2D eigenvalue weighted by molar-refractivity contribution is -0.125. The first kappa shape index (κ1) is 23.9. The van der Waals surface area contributed by atoms with Crippen LogP contribution in [0.5, 0.6) is 5.75 Å². The lowest BCUT2D eigenvalue weighted by Gasteiger charge is -2.27. The van der Waals surface area contributed by atoms with E-state index in [9.17, 15) is 14.4 Å². The first-order valence-electron chi connectivity index (χ1n) is 10.2. The number of hydrogen-bond donors (Lipinski definition) is 3. The number of anilines is 1. The monoisotopic (exact) mass is 425 g/mol. The summed E-state index contributed by atoms with van der Waals surface area (Å²) in [4.78, 5) is 38.3. The lowest BCUT2D eigenvalue weighted by Crippen LogP contribution is -2.54. The number of rotatable bonds is 7. The fraction of sp³-hybridized carbons (Fsp3) is 0.375. The van der Waals surface area contributed by atoms with Crippen LogP contribution in [0, 0.1) is 5.92 Å². The molecule has 7 nitrogen and oxygen atoms in total. The largest absolute Gasteiger partial charge is 0.497 e. The van der Waals surface area contributed by atoms with Crippen LogP contribution < -0.4 is 20.7 Å². The van der Waals surface area contributed by atoms with Crippen molar-refractivity contribution in [3.8, 4) is 5.75 Å². The van der Waals surface area contributed by atoms with E-state index in [1.165, 1.54) is 0 Å². The van der Waals surface area contributed by atoms with Gasteiger partial charge in [-0.3, -0.25) is 14.4 Å². The summed E-state index contributed by atoms with van der Waals surface area (Å²) in [6.45, 7) is 9.38. The maximum atomic E-state index is 13.0. The number of nitrogens with one attached hydrogen (secondary N) is 3. The van der Waals surface area contributed by atoms with Crippen LogP contribution in [-0.2, 0) is 4.79 Å². The van der Waals surface area contributed by atoms with Crippen molar-refractivity contribution in [2.24, 2.45) is 5.92 Å². The molecule has 0 aliphatic carbocycles. The van der Waals surface area contributed by atoms with Gasteiger partial charge in [0.2, 0.25) is 5.91 Å². The molecule has 2 rings (SSSR count). The molecule has 7 heteroatoms. The van der Waals surface area contributed by atoms with E-state index in [1.54, 1.807) is 55.6 Å². The van der Waals surface area contributed by atoms with Crippen molar-refractivity contribution in [2.75, 3.05) is 12.4 Å². The van der Waals surface area contributed by atoms with Crippen LogP contribution >= 0.6 is 0 Å². The molecule has 0 bridgehead atoms. The van der Waals surface area contributed by atoms with Gasteiger partial charge < -0.3 is 20.7 Å². The molecular weight excluding hydrogens is 394 g/mol. The van der Waals surface area contributed by atoms with Crippen molar-refractivity contribution < 1.29 is 19.1 Å². The molecule has 2 aromatic rings. The topological polar surface area (TPSA) is 96.5 Å².